The van der Waals surface area contributed by atoms with Gasteiger partial charge in [-0.15, -0.1) is 0 Å². The fraction of sp³-hybridized carbons (Fsp3) is 0.462. The molecule has 0 fully saturated rings. The third kappa shape index (κ3) is 4.84. The molecular weight excluding hydrogens is 401 g/mol. The Balaban J connectivity index is 3.20. The van der Waals surface area contributed by atoms with Gasteiger partial charge in [-0.2, -0.15) is 0 Å². The van der Waals surface area contributed by atoms with Crippen LogP contribution in [-0.4, -0.2) is 20.4 Å². The van der Waals surface area contributed by atoms with Crippen LogP contribution < -0.4 is 5.32 Å². The van der Waals surface area contributed by atoms with Gasteiger partial charge in [0.2, 0.25) is 0 Å². The second kappa shape index (κ2) is 7.31. The Morgan fingerprint density at radius 3 is 2.43 bits per heavy atom. The van der Waals surface area contributed by atoms with Crippen molar-refractivity contribution in [3.8, 4) is 0 Å². The lowest BCUT2D eigenvalue weighted by Crippen LogP contribution is -2.37. The minimum absolute atomic E-state index is 0.0615. The Labute approximate surface area is 142 Å². The zero-order valence-corrected chi connectivity index (χ0v) is 15.7. The minimum atomic E-state index is -4.03. The van der Waals surface area contributed by atoms with Crippen LogP contribution >= 0.6 is 38.2 Å². The Morgan fingerprint density at radius 1 is 1.38 bits per heavy atom. The summed E-state index contributed by atoms with van der Waals surface area (Å²) in [5.41, 5.74) is 0.0698. The van der Waals surface area contributed by atoms with Crippen LogP contribution in [0.4, 0.5) is 0 Å². The van der Waals surface area contributed by atoms with Crippen LogP contribution in [0.2, 0.25) is 5.02 Å². The van der Waals surface area contributed by atoms with Crippen LogP contribution in [0.5, 0.6) is 0 Å². The second-order valence-corrected chi connectivity index (χ2v) is 8.68. The van der Waals surface area contributed by atoms with E-state index < -0.39 is 15.0 Å². The van der Waals surface area contributed by atoms with Gasteiger partial charge in [0.15, 0.2) is 0 Å². The maximum absolute atomic E-state index is 12.3. The van der Waals surface area contributed by atoms with Crippen molar-refractivity contribution in [3.63, 3.8) is 0 Å². The smallest absolute Gasteiger partial charge is 0.262 e. The summed E-state index contributed by atoms with van der Waals surface area (Å²) < 4.78 is 23.4. The van der Waals surface area contributed by atoms with Crippen LogP contribution in [0.1, 0.15) is 37.6 Å². The van der Waals surface area contributed by atoms with Gasteiger partial charge in [0.25, 0.3) is 15.0 Å². The SMILES string of the molecule is CCC(C)C(C)NC(=O)c1cc(Br)cc(S(=O)(=O)Cl)c1Cl. The van der Waals surface area contributed by atoms with Crippen molar-refractivity contribution in [1.29, 1.82) is 0 Å². The van der Waals surface area contributed by atoms with E-state index >= 15 is 0 Å². The number of amides is 1. The summed E-state index contributed by atoms with van der Waals surface area (Å²) in [6, 6.07) is 2.67. The monoisotopic (exact) mass is 415 g/mol. The third-order valence-corrected chi connectivity index (χ3v) is 5.69. The van der Waals surface area contributed by atoms with Crippen molar-refractivity contribution in [2.24, 2.45) is 5.92 Å². The predicted molar refractivity (Wildman–Crippen MR) is 88.6 cm³/mol. The first kappa shape index (κ1) is 18.7. The Kier molecular flexibility index (Phi) is 6.53. The molecule has 1 aromatic carbocycles. The maximum Gasteiger partial charge on any atom is 0.262 e. The zero-order valence-electron chi connectivity index (χ0n) is 11.8. The minimum Gasteiger partial charge on any atom is -0.349 e. The molecule has 21 heavy (non-hydrogen) atoms. The summed E-state index contributed by atoms with van der Waals surface area (Å²) in [7, 11) is 1.30. The Bertz CT molecular complexity index is 649. The number of rotatable bonds is 5. The molecule has 0 saturated carbocycles. The molecule has 1 N–H and O–H groups in total. The molecule has 4 nitrogen and oxygen atoms in total. The van der Waals surface area contributed by atoms with Crippen molar-refractivity contribution in [2.75, 3.05) is 0 Å². The van der Waals surface area contributed by atoms with Gasteiger partial charge in [-0.1, -0.05) is 47.8 Å². The molecule has 0 spiro atoms. The van der Waals surface area contributed by atoms with Crippen molar-refractivity contribution < 1.29 is 13.2 Å². The van der Waals surface area contributed by atoms with Gasteiger partial charge in [-0.05, 0) is 25.0 Å². The highest BCUT2D eigenvalue weighted by Gasteiger charge is 2.23. The third-order valence-electron chi connectivity index (χ3n) is 3.37. The lowest BCUT2D eigenvalue weighted by molar-refractivity contribution is 0.0928. The molecule has 0 heterocycles. The lowest BCUT2D eigenvalue weighted by Gasteiger charge is -2.20. The maximum atomic E-state index is 12.3. The summed E-state index contributed by atoms with van der Waals surface area (Å²) in [5, 5.41) is 2.63. The molecule has 1 aromatic rings. The number of hydrogen-bond donors (Lipinski definition) is 1. The van der Waals surface area contributed by atoms with Gasteiger partial charge in [0, 0.05) is 21.2 Å². The first-order valence-electron chi connectivity index (χ1n) is 6.32. The van der Waals surface area contributed by atoms with Crippen molar-refractivity contribution in [2.45, 2.75) is 38.1 Å². The number of carbonyl (C=O) groups is 1. The topological polar surface area (TPSA) is 63.2 Å². The summed E-state index contributed by atoms with van der Waals surface area (Å²) >= 11 is 9.17. The van der Waals surface area contributed by atoms with Crippen molar-refractivity contribution in [1.82, 2.24) is 5.32 Å². The van der Waals surface area contributed by atoms with E-state index in [9.17, 15) is 13.2 Å². The first-order chi connectivity index (χ1) is 9.57. The fourth-order valence-electron chi connectivity index (χ4n) is 1.69. The normalized spacial score (nSPS) is 14.6. The van der Waals surface area contributed by atoms with Crippen LogP contribution in [0.3, 0.4) is 0 Å². The van der Waals surface area contributed by atoms with E-state index in [1.807, 2.05) is 20.8 Å². The van der Waals surface area contributed by atoms with Crippen LogP contribution in [-0.2, 0) is 9.05 Å². The molecule has 0 bridgehead atoms. The van der Waals surface area contributed by atoms with Gasteiger partial charge in [-0.3, -0.25) is 4.79 Å². The Hall–Kier alpha value is -0.300. The molecule has 1 rings (SSSR count). The number of carbonyl (C=O) groups excluding carboxylic acids is 1. The van der Waals surface area contributed by atoms with Crippen LogP contribution in [0.15, 0.2) is 21.5 Å². The summed E-state index contributed by atoms with van der Waals surface area (Å²) in [5.74, 6) is -0.147. The number of hydrogen-bond acceptors (Lipinski definition) is 3. The van der Waals surface area contributed by atoms with Crippen molar-refractivity contribution in [3.05, 3.63) is 27.2 Å². The van der Waals surface area contributed by atoms with Gasteiger partial charge in [-0.25, -0.2) is 8.42 Å². The highest BCUT2D eigenvalue weighted by Crippen LogP contribution is 2.31. The summed E-state index contributed by atoms with van der Waals surface area (Å²) in [4.78, 5) is 12.0. The molecule has 0 aliphatic heterocycles. The number of halogens is 3. The van der Waals surface area contributed by atoms with Gasteiger partial charge < -0.3 is 5.32 Å². The number of nitrogens with one attached hydrogen (secondary N) is 1. The molecule has 0 radical (unpaired) electrons. The Morgan fingerprint density at radius 2 is 1.95 bits per heavy atom. The lowest BCUT2D eigenvalue weighted by atomic mass is 10.0. The van der Waals surface area contributed by atoms with E-state index in [-0.39, 0.29) is 27.4 Å². The van der Waals surface area contributed by atoms with Crippen LogP contribution in [0.25, 0.3) is 0 Å². The standard InChI is InChI=1S/C13H16BrCl2NO3S/c1-4-7(2)8(3)17-13(18)10-5-9(14)6-11(12(10)15)21(16,19)20/h5-8H,4H2,1-3H3,(H,17,18). The largest absolute Gasteiger partial charge is 0.349 e. The summed E-state index contributed by atoms with van der Waals surface area (Å²) in [6.45, 7) is 5.93. The zero-order chi connectivity index (χ0) is 16.4. The molecule has 2 unspecified atom stereocenters. The molecular formula is C13H16BrCl2NO3S. The molecule has 0 saturated heterocycles. The molecule has 0 aliphatic carbocycles. The van der Waals surface area contributed by atoms with E-state index in [1.54, 1.807) is 0 Å². The average Bonchev–Trinajstić information content (AvgIpc) is 2.38. The molecule has 0 aromatic heterocycles. The predicted octanol–water partition coefficient (Wildman–Crippen LogP) is 4.19. The van der Waals surface area contributed by atoms with Gasteiger partial charge in [0.1, 0.15) is 4.90 Å². The van der Waals surface area contributed by atoms with E-state index in [0.29, 0.717) is 4.47 Å². The molecule has 2 atom stereocenters. The quantitative estimate of drug-likeness (QED) is 0.731. The van der Waals surface area contributed by atoms with E-state index in [1.165, 1.54) is 12.1 Å². The molecule has 118 valence electrons. The highest BCUT2D eigenvalue weighted by molar-refractivity contribution is 9.10. The second-order valence-electron chi connectivity index (χ2n) is 4.85. The molecule has 8 heteroatoms. The fourth-order valence-corrected chi connectivity index (χ4v) is 3.87. The van der Waals surface area contributed by atoms with Gasteiger partial charge >= 0.3 is 0 Å². The van der Waals surface area contributed by atoms with E-state index in [0.717, 1.165) is 6.42 Å². The first-order valence-corrected chi connectivity index (χ1v) is 9.80. The number of benzene rings is 1. The molecule has 0 aliphatic rings. The summed E-state index contributed by atoms with van der Waals surface area (Å²) in [6.07, 6.45) is 0.912. The van der Waals surface area contributed by atoms with Crippen molar-refractivity contribution >= 4 is 53.2 Å². The van der Waals surface area contributed by atoms with E-state index in [2.05, 4.69) is 21.2 Å². The molecule has 1 amide bonds. The van der Waals surface area contributed by atoms with E-state index in [4.69, 9.17) is 22.3 Å². The highest BCUT2D eigenvalue weighted by atomic mass is 79.9. The van der Waals surface area contributed by atoms with Gasteiger partial charge in [0.05, 0.1) is 10.6 Å². The average molecular weight is 417 g/mol. The van der Waals surface area contributed by atoms with Crippen LogP contribution in [0, 0.1) is 5.92 Å².